The molecule has 1 aromatic heterocycles. The summed E-state index contributed by atoms with van der Waals surface area (Å²) in [7, 11) is 1.60. The fourth-order valence-electron chi connectivity index (χ4n) is 2.72. The van der Waals surface area contributed by atoms with Crippen LogP contribution in [0.4, 0.5) is 5.69 Å². The number of hydrogen-bond donors (Lipinski definition) is 2. The lowest BCUT2D eigenvalue weighted by molar-refractivity contribution is 0.274. The van der Waals surface area contributed by atoms with Crippen LogP contribution in [0.5, 0.6) is 5.75 Å². The summed E-state index contributed by atoms with van der Waals surface area (Å²) in [6.45, 7) is -0.0655. The minimum atomic E-state index is -0.0655. The highest BCUT2D eigenvalue weighted by Gasteiger charge is 2.14. The van der Waals surface area contributed by atoms with Gasteiger partial charge in [0.25, 0.3) is 0 Å². The van der Waals surface area contributed by atoms with Gasteiger partial charge in [0.2, 0.25) is 0 Å². The summed E-state index contributed by atoms with van der Waals surface area (Å²) in [6.07, 6.45) is 3.58. The Morgan fingerprint density at radius 3 is 2.38 bits per heavy atom. The number of rotatable bonds is 6. The standard InChI is InChI=1S/C20H20N2O2/c1-24-19-8-7-18(13-17(19)14-23)22-20(15-5-3-2-4-6-15)16-9-11-21-12-10-16/h2-13,20,22-23H,14H2,1H3. The van der Waals surface area contributed by atoms with E-state index in [0.717, 1.165) is 22.4 Å². The van der Waals surface area contributed by atoms with E-state index in [2.05, 4.69) is 22.4 Å². The number of anilines is 1. The Hall–Kier alpha value is -2.85. The predicted molar refractivity (Wildman–Crippen MR) is 95.1 cm³/mol. The van der Waals surface area contributed by atoms with Crippen LogP contribution in [0.1, 0.15) is 22.7 Å². The molecule has 0 aliphatic heterocycles. The first kappa shape index (κ1) is 16.0. The summed E-state index contributed by atoms with van der Waals surface area (Å²) in [4.78, 5) is 4.10. The van der Waals surface area contributed by atoms with Crippen molar-refractivity contribution in [1.82, 2.24) is 4.98 Å². The van der Waals surface area contributed by atoms with Crippen LogP contribution in [0.15, 0.2) is 73.1 Å². The number of aromatic nitrogens is 1. The average molecular weight is 320 g/mol. The fraction of sp³-hybridized carbons (Fsp3) is 0.150. The smallest absolute Gasteiger partial charge is 0.124 e. The number of benzene rings is 2. The first-order chi connectivity index (χ1) is 11.8. The quantitative estimate of drug-likeness (QED) is 0.725. The van der Waals surface area contributed by atoms with E-state index in [4.69, 9.17) is 4.74 Å². The Morgan fingerprint density at radius 1 is 1.00 bits per heavy atom. The summed E-state index contributed by atoms with van der Waals surface area (Å²) < 4.78 is 5.27. The van der Waals surface area contributed by atoms with Crippen molar-refractivity contribution in [3.63, 3.8) is 0 Å². The van der Waals surface area contributed by atoms with Gasteiger partial charge in [-0.05, 0) is 41.5 Å². The van der Waals surface area contributed by atoms with Crippen molar-refractivity contribution in [3.05, 3.63) is 89.7 Å². The first-order valence-corrected chi connectivity index (χ1v) is 7.81. The summed E-state index contributed by atoms with van der Waals surface area (Å²) >= 11 is 0. The lowest BCUT2D eigenvalue weighted by Gasteiger charge is -2.21. The molecule has 0 bridgehead atoms. The summed E-state index contributed by atoms with van der Waals surface area (Å²) in [5.41, 5.74) is 3.96. The molecule has 2 aromatic carbocycles. The zero-order valence-electron chi connectivity index (χ0n) is 13.5. The Kier molecular flexibility index (Phi) is 5.08. The molecule has 0 aliphatic carbocycles. The van der Waals surface area contributed by atoms with Crippen molar-refractivity contribution < 1.29 is 9.84 Å². The van der Waals surface area contributed by atoms with E-state index in [1.807, 2.05) is 48.5 Å². The predicted octanol–water partition coefficient (Wildman–Crippen LogP) is 3.78. The van der Waals surface area contributed by atoms with Gasteiger partial charge in [0, 0.05) is 23.6 Å². The molecule has 0 aliphatic rings. The van der Waals surface area contributed by atoms with E-state index in [1.165, 1.54) is 0 Å². The zero-order chi connectivity index (χ0) is 16.8. The van der Waals surface area contributed by atoms with Crippen LogP contribution in [0, 0.1) is 0 Å². The SMILES string of the molecule is COc1ccc(NC(c2ccccc2)c2ccncc2)cc1CO. The van der Waals surface area contributed by atoms with Crippen LogP contribution >= 0.6 is 0 Å². The summed E-state index contributed by atoms with van der Waals surface area (Å²) in [5, 5.41) is 13.1. The molecule has 0 fully saturated rings. The Bertz CT molecular complexity index is 737. The Balaban J connectivity index is 1.96. The molecule has 0 saturated carbocycles. The molecule has 3 aromatic rings. The zero-order valence-corrected chi connectivity index (χ0v) is 13.5. The van der Waals surface area contributed by atoms with E-state index in [-0.39, 0.29) is 12.6 Å². The van der Waals surface area contributed by atoms with E-state index >= 15 is 0 Å². The maximum absolute atomic E-state index is 9.53. The second-order valence-electron chi connectivity index (χ2n) is 5.45. The van der Waals surface area contributed by atoms with Gasteiger partial charge in [-0.1, -0.05) is 30.3 Å². The first-order valence-electron chi connectivity index (χ1n) is 7.81. The Labute approximate surface area is 141 Å². The third kappa shape index (κ3) is 3.55. The van der Waals surface area contributed by atoms with Crippen LogP contribution in [0.2, 0.25) is 0 Å². The molecule has 4 heteroatoms. The van der Waals surface area contributed by atoms with Crippen LogP contribution < -0.4 is 10.1 Å². The molecule has 0 amide bonds. The third-order valence-electron chi connectivity index (χ3n) is 3.93. The fourth-order valence-corrected chi connectivity index (χ4v) is 2.72. The minimum Gasteiger partial charge on any atom is -0.496 e. The van der Waals surface area contributed by atoms with E-state index in [0.29, 0.717) is 5.75 Å². The van der Waals surface area contributed by atoms with Gasteiger partial charge in [0.1, 0.15) is 5.75 Å². The number of ether oxygens (including phenoxy) is 1. The van der Waals surface area contributed by atoms with Crippen LogP contribution in [0.3, 0.4) is 0 Å². The van der Waals surface area contributed by atoms with Crippen LogP contribution in [0.25, 0.3) is 0 Å². The van der Waals surface area contributed by atoms with Gasteiger partial charge in [-0.15, -0.1) is 0 Å². The van der Waals surface area contributed by atoms with Crippen molar-refractivity contribution >= 4 is 5.69 Å². The molecule has 24 heavy (non-hydrogen) atoms. The molecular formula is C20H20N2O2. The molecule has 1 heterocycles. The van der Waals surface area contributed by atoms with Gasteiger partial charge in [0.05, 0.1) is 19.8 Å². The van der Waals surface area contributed by atoms with Crippen LogP contribution in [-0.2, 0) is 6.61 Å². The van der Waals surface area contributed by atoms with Crippen molar-refractivity contribution in [1.29, 1.82) is 0 Å². The van der Waals surface area contributed by atoms with E-state index < -0.39 is 0 Å². The maximum Gasteiger partial charge on any atom is 0.124 e. The van der Waals surface area contributed by atoms with Crippen LogP contribution in [-0.4, -0.2) is 17.2 Å². The molecule has 3 rings (SSSR count). The minimum absolute atomic E-state index is 0.00543. The van der Waals surface area contributed by atoms with Gasteiger partial charge in [-0.2, -0.15) is 0 Å². The van der Waals surface area contributed by atoms with Gasteiger partial charge in [-0.25, -0.2) is 0 Å². The number of methoxy groups -OCH3 is 1. The Morgan fingerprint density at radius 2 is 1.71 bits per heavy atom. The van der Waals surface area contributed by atoms with Crippen molar-refractivity contribution in [2.24, 2.45) is 0 Å². The highest BCUT2D eigenvalue weighted by molar-refractivity contribution is 5.54. The third-order valence-corrected chi connectivity index (χ3v) is 3.93. The average Bonchev–Trinajstić information content (AvgIpc) is 2.67. The van der Waals surface area contributed by atoms with E-state index in [1.54, 1.807) is 19.5 Å². The molecule has 122 valence electrons. The molecule has 1 atom stereocenters. The lowest BCUT2D eigenvalue weighted by Crippen LogP contribution is -2.12. The second-order valence-corrected chi connectivity index (χ2v) is 5.45. The highest BCUT2D eigenvalue weighted by atomic mass is 16.5. The molecule has 0 saturated heterocycles. The molecule has 4 nitrogen and oxygen atoms in total. The highest BCUT2D eigenvalue weighted by Crippen LogP contribution is 2.29. The van der Waals surface area contributed by atoms with Gasteiger partial charge >= 0.3 is 0 Å². The number of nitrogens with one attached hydrogen (secondary N) is 1. The van der Waals surface area contributed by atoms with E-state index in [9.17, 15) is 5.11 Å². The van der Waals surface area contributed by atoms with Gasteiger partial charge in [-0.3, -0.25) is 4.98 Å². The topological polar surface area (TPSA) is 54.4 Å². The molecular weight excluding hydrogens is 300 g/mol. The monoisotopic (exact) mass is 320 g/mol. The molecule has 0 radical (unpaired) electrons. The maximum atomic E-state index is 9.53. The number of hydrogen-bond acceptors (Lipinski definition) is 4. The molecule has 1 unspecified atom stereocenters. The van der Waals surface area contributed by atoms with Gasteiger partial charge < -0.3 is 15.2 Å². The number of pyridine rings is 1. The van der Waals surface area contributed by atoms with Crippen molar-refractivity contribution in [2.45, 2.75) is 12.6 Å². The molecule has 2 N–H and O–H groups in total. The number of aliphatic hydroxyl groups is 1. The number of nitrogens with zero attached hydrogens (tertiary/aromatic N) is 1. The number of aliphatic hydroxyl groups excluding tert-OH is 1. The normalized spacial score (nSPS) is 11.8. The summed E-state index contributed by atoms with van der Waals surface area (Å²) in [6, 6.07) is 20.0. The van der Waals surface area contributed by atoms with Crippen molar-refractivity contribution in [3.8, 4) is 5.75 Å². The second kappa shape index (κ2) is 7.62. The lowest BCUT2D eigenvalue weighted by atomic mass is 9.99. The largest absolute Gasteiger partial charge is 0.496 e. The van der Waals surface area contributed by atoms with Gasteiger partial charge in [0.15, 0.2) is 0 Å². The summed E-state index contributed by atoms with van der Waals surface area (Å²) in [5.74, 6) is 0.684. The molecule has 0 spiro atoms. The van der Waals surface area contributed by atoms with Crippen molar-refractivity contribution in [2.75, 3.05) is 12.4 Å².